The number of likely N-dealkylation sites (tertiary alicyclic amines) is 1. The number of rotatable bonds is 2. The van der Waals surface area contributed by atoms with Gasteiger partial charge in [0.25, 0.3) is 5.92 Å². The Balaban J connectivity index is 2.04. The van der Waals surface area contributed by atoms with Gasteiger partial charge >= 0.3 is 6.09 Å². The summed E-state index contributed by atoms with van der Waals surface area (Å²) in [5.41, 5.74) is -0.522. The van der Waals surface area contributed by atoms with E-state index in [1.165, 1.54) is 6.92 Å². The molecule has 1 saturated heterocycles. The van der Waals surface area contributed by atoms with Gasteiger partial charge < -0.3 is 4.74 Å². The van der Waals surface area contributed by atoms with Gasteiger partial charge in [-0.3, -0.25) is 4.90 Å². The van der Waals surface area contributed by atoms with Gasteiger partial charge in [0.15, 0.2) is 0 Å². The summed E-state index contributed by atoms with van der Waals surface area (Å²) in [6.45, 7) is 0.765. The fourth-order valence-corrected chi connectivity index (χ4v) is 2.25. The number of carbonyl (C=O) groups excluding carboxylic acids is 1. The average Bonchev–Trinajstić information content (AvgIpc) is 2.68. The zero-order valence-electron chi connectivity index (χ0n) is 11.1. The number of amides is 1. The number of alkyl halides is 2. The summed E-state index contributed by atoms with van der Waals surface area (Å²) in [5.74, 6) is -0.709. The monoisotopic (exact) mass is 279 g/mol. The highest BCUT2D eigenvalue weighted by Crippen LogP contribution is 2.39. The minimum atomic E-state index is -2.98. The minimum Gasteiger partial charge on any atom is -0.445 e. The highest BCUT2D eigenvalue weighted by Gasteiger charge is 2.54. The molecule has 1 aromatic carbocycles. The lowest BCUT2D eigenvalue weighted by Gasteiger charge is -2.28. The van der Waals surface area contributed by atoms with Gasteiger partial charge in [-0.1, -0.05) is 36.3 Å². The molecule has 106 valence electrons. The lowest BCUT2D eigenvalue weighted by atomic mass is 9.99. The Bertz CT molecular complexity index is 539. The van der Waals surface area contributed by atoms with Crippen molar-refractivity contribution in [1.82, 2.24) is 4.90 Å². The molecule has 20 heavy (non-hydrogen) atoms. The third-order valence-corrected chi connectivity index (χ3v) is 3.32. The van der Waals surface area contributed by atoms with Crippen LogP contribution in [0.2, 0.25) is 0 Å². The molecule has 0 bridgehead atoms. The SMILES string of the molecule is C#CC1(C)CC(F)(F)CN1C(=O)OCc1ccccc1. The number of nitrogens with zero attached hydrogens (tertiary/aromatic N) is 1. The number of hydrogen-bond donors (Lipinski definition) is 0. The van der Waals surface area contributed by atoms with Crippen LogP contribution in [0, 0.1) is 12.3 Å². The van der Waals surface area contributed by atoms with Crippen LogP contribution in [0.15, 0.2) is 30.3 Å². The summed E-state index contributed by atoms with van der Waals surface area (Å²) in [5, 5.41) is 0. The summed E-state index contributed by atoms with van der Waals surface area (Å²) in [7, 11) is 0. The molecule has 0 aromatic heterocycles. The van der Waals surface area contributed by atoms with Gasteiger partial charge in [0.1, 0.15) is 12.1 Å². The first kappa shape index (κ1) is 14.3. The second-order valence-electron chi connectivity index (χ2n) is 5.08. The zero-order chi connectivity index (χ0) is 14.8. The smallest absolute Gasteiger partial charge is 0.411 e. The molecule has 1 heterocycles. The Labute approximate surface area is 116 Å². The molecule has 0 spiro atoms. The van der Waals surface area contributed by atoms with Gasteiger partial charge in [0, 0.05) is 6.42 Å². The largest absolute Gasteiger partial charge is 0.445 e. The normalized spacial score (nSPS) is 24.2. The van der Waals surface area contributed by atoms with Crippen molar-refractivity contribution in [1.29, 1.82) is 0 Å². The van der Waals surface area contributed by atoms with Crippen LogP contribution >= 0.6 is 0 Å². The van der Waals surface area contributed by atoms with Crippen molar-refractivity contribution < 1.29 is 18.3 Å². The van der Waals surface area contributed by atoms with E-state index >= 15 is 0 Å². The lowest BCUT2D eigenvalue weighted by Crippen LogP contribution is -2.44. The van der Waals surface area contributed by atoms with Gasteiger partial charge in [-0.05, 0) is 12.5 Å². The maximum absolute atomic E-state index is 13.5. The molecule has 0 N–H and O–H groups in total. The van der Waals surface area contributed by atoms with Crippen molar-refractivity contribution in [3.63, 3.8) is 0 Å². The van der Waals surface area contributed by atoms with E-state index in [-0.39, 0.29) is 6.61 Å². The minimum absolute atomic E-state index is 0.0302. The fourth-order valence-electron chi connectivity index (χ4n) is 2.25. The number of carbonyl (C=O) groups is 1. The molecule has 0 radical (unpaired) electrons. The van der Waals surface area contributed by atoms with E-state index in [1.54, 1.807) is 24.3 Å². The van der Waals surface area contributed by atoms with Crippen molar-refractivity contribution in [2.75, 3.05) is 6.54 Å². The van der Waals surface area contributed by atoms with Crippen LogP contribution in [-0.4, -0.2) is 29.0 Å². The number of terminal acetylenes is 1. The maximum atomic E-state index is 13.5. The predicted octanol–water partition coefficient (Wildman–Crippen LogP) is 3.06. The molecule has 2 rings (SSSR count). The summed E-state index contributed by atoms with van der Waals surface area (Å²) in [6, 6.07) is 9.01. The third kappa shape index (κ3) is 2.90. The molecule has 0 aliphatic carbocycles. The molecule has 5 heteroatoms. The summed E-state index contributed by atoms with van der Waals surface area (Å²) in [4.78, 5) is 12.9. The number of benzene rings is 1. The molecular formula is C15H15F2NO2. The van der Waals surface area contributed by atoms with Gasteiger partial charge in [-0.2, -0.15) is 0 Å². The molecule has 1 fully saturated rings. The van der Waals surface area contributed by atoms with Gasteiger partial charge in [-0.15, -0.1) is 6.42 Å². The molecular weight excluding hydrogens is 264 g/mol. The first-order valence-corrected chi connectivity index (χ1v) is 6.20. The maximum Gasteiger partial charge on any atom is 0.411 e. The van der Waals surface area contributed by atoms with Crippen LogP contribution < -0.4 is 0 Å². The molecule has 1 atom stereocenters. The highest BCUT2D eigenvalue weighted by atomic mass is 19.3. The molecule has 1 amide bonds. The Morgan fingerprint density at radius 1 is 1.45 bits per heavy atom. The van der Waals surface area contributed by atoms with E-state index < -0.39 is 30.5 Å². The average molecular weight is 279 g/mol. The van der Waals surface area contributed by atoms with E-state index in [4.69, 9.17) is 11.2 Å². The summed E-state index contributed by atoms with van der Waals surface area (Å²) < 4.78 is 32.0. The highest BCUT2D eigenvalue weighted by molar-refractivity contribution is 5.70. The molecule has 1 unspecified atom stereocenters. The van der Waals surface area contributed by atoms with Gasteiger partial charge in [-0.25, -0.2) is 13.6 Å². The number of halogens is 2. The predicted molar refractivity (Wildman–Crippen MR) is 70.1 cm³/mol. The van der Waals surface area contributed by atoms with Crippen LogP contribution in [-0.2, 0) is 11.3 Å². The summed E-state index contributed by atoms with van der Waals surface area (Å²) in [6.07, 6.45) is 3.93. The molecule has 3 nitrogen and oxygen atoms in total. The Hall–Kier alpha value is -2.09. The Morgan fingerprint density at radius 2 is 2.10 bits per heavy atom. The molecule has 1 aliphatic rings. The zero-order valence-corrected chi connectivity index (χ0v) is 11.1. The van der Waals surface area contributed by atoms with Crippen LogP contribution in [0.4, 0.5) is 13.6 Å². The first-order chi connectivity index (χ1) is 9.36. The Morgan fingerprint density at radius 3 is 2.70 bits per heavy atom. The molecule has 1 aliphatic heterocycles. The quantitative estimate of drug-likeness (QED) is 0.779. The van der Waals surface area contributed by atoms with E-state index in [1.807, 2.05) is 6.07 Å². The van der Waals surface area contributed by atoms with Crippen LogP contribution in [0.5, 0.6) is 0 Å². The fraction of sp³-hybridized carbons (Fsp3) is 0.400. The van der Waals surface area contributed by atoms with E-state index in [0.29, 0.717) is 0 Å². The van der Waals surface area contributed by atoms with Crippen LogP contribution in [0.1, 0.15) is 18.9 Å². The second-order valence-corrected chi connectivity index (χ2v) is 5.08. The van der Waals surface area contributed by atoms with E-state index in [2.05, 4.69) is 5.92 Å². The van der Waals surface area contributed by atoms with Crippen molar-refractivity contribution in [2.24, 2.45) is 0 Å². The standard InChI is InChI=1S/C15H15F2NO2/c1-3-14(2)10-15(16,17)11-18(14)13(19)20-9-12-7-5-4-6-8-12/h1,4-8H,9-11H2,2H3. The van der Waals surface area contributed by atoms with Crippen molar-refractivity contribution >= 4 is 6.09 Å². The number of ether oxygens (including phenoxy) is 1. The first-order valence-electron chi connectivity index (χ1n) is 6.20. The molecule has 1 aromatic rings. The second kappa shape index (κ2) is 5.12. The van der Waals surface area contributed by atoms with Crippen molar-refractivity contribution in [2.45, 2.75) is 31.4 Å². The van der Waals surface area contributed by atoms with E-state index in [0.717, 1.165) is 10.5 Å². The summed E-state index contributed by atoms with van der Waals surface area (Å²) >= 11 is 0. The topological polar surface area (TPSA) is 29.5 Å². The van der Waals surface area contributed by atoms with Crippen LogP contribution in [0.25, 0.3) is 0 Å². The van der Waals surface area contributed by atoms with Gasteiger partial charge in [0.2, 0.25) is 0 Å². The van der Waals surface area contributed by atoms with Crippen LogP contribution in [0.3, 0.4) is 0 Å². The lowest BCUT2D eigenvalue weighted by molar-refractivity contribution is 0.0100. The van der Waals surface area contributed by atoms with Crippen molar-refractivity contribution in [3.8, 4) is 12.3 Å². The Kier molecular flexibility index (Phi) is 3.67. The third-order valence-electron chi connectivity index (χ3n) is 3.32. The molecule has 0 saturated carbocycles. The number of hydrogen-bond acceptors (Lipinski definition) is 2. The van der Waals surface area contributed by atoms with Crippen molar-refractivity contribution in [3.05, 3.63) is 35.9 Å². The van der Waals surface area contributed by atoms with E-state index in [9.17, 15) is 13.6 Å². The van der Waals surface area contributed by atoms with Gasteiger partial charge in [0.05, 0.1) is 6.54 Å².